The lowest BCUT2D eigenvalue weighted by molar-refractivity contribution is 0.0616. The van der Waals surface area contributed by atoms with Crippen LogP contribution in [0.4, 0.5) is 0 Å². The molecule has 2 aromatic rings. The summed E-state index contributed by atoms with van der Waals surface area (Å²) in [5.41, 5.74) is -0.270. The van der Waals surface area contributed by atoms with Gasteiger partial charge in [-0.05, 0) is 25.3 Å². The molecule has 1 unspecified atom stereocenters. The molecule has 2 heterocycles. The fourth-order valence-electron chi connectivity index (χ4n) is 2.42. The smallest absolute Gasteiger partial charge is 0.191 e. The highest BCUT2D eigenvalue weighted by Crippen LogP contribution is 2.27. The summed E-state index contributed by atoms with van der Waals surface area (Å²) < 4.78 is 1.69. The molecule has 0 radical (unpaired) electrons. The van der Waals surface area contributed by atoms with E-state index in [0.29, 0.717) is 19.0 Å². The number of halogens is 1. The number of hydrogen-bond acceptors (Lipinski definition) is 4. The molecule has 8 heteroatoms. The van der Waals surface area contributed by atoms with E-state index in [2.05, 4.69) is 47.1 Å². The minimum atomic E-state index is -1.02. The van der Waals surface area contributed by atoms with Crippen LogP contribution in [0.25, 0.3) is 0 Å². The number of guanidine groups is 1. The van der Waals surface area contributed by atoms with Crippen molar-refractivity contribution in [3.05, 3.63) is 40.3 Å². The zero-order valence-corrected chi connectivity index (χ0v) is 19.3. The van der Waals surface area contributed by atoms with Crippen LogP contribution >= 0.6 is 35.3 Å². The second kappa shape index (κ2) is 9.70. The third-order valence-corrected chi connectivity index (χ3v) is 5.33. The zero-order chi connectivity index (χ0) is 18.5. The van der Waals surface area contributed by atoms with E-state index in [4.69, 9.17) is 4.99 Å². The van der Waals surface area contributed by atoms with Crippen molar-refractivity contribution in [2.24, 2.45) is 12.0 Å². The highest BCUT2D eigenvalue weighted by atomic mass is 127. The molecule has 6 nitrogen and oxygen atoms in total. The fraction of sp³-hybridized carbons (Fsp3) is 0.556. The summed E-state index contributed by atoms with van der Waals surface area (Å²) in [6.07, 6.45) is 3.51. The van der Waals surface area contributed by atoms with Crippen LogP contribution in [0.1, 0.15) is 38.1 Å². The van der Waals surface area contributed by atoms with Gasteiger partial charge in [-0.1, -0.05) is 19.9 Å². The molecule has 0 amide bonds. The third kappa shape index (κ3) is 6.24. The van der Waals surface area contributed by atoms with Gasteiger partial charge in [0.05, 0.1) is 19.3 Å². The number of hydrogen-bond donors (Lipinski definition) is 3. The molecule has 0 saturated heterocycles. The van der Waals surface area contributed by atoms with E-state index in [9.17, 15) is 5.11 Å². The van der Waals surface area contributed by atoms with Gasteiger partial charge in [0.15, 0.2) is 5.96 Å². The van der Waals surface area contributed by atoms with Gasteiger partial charge in [-0.3, -0.25) is 9.67 Å². The Morgan fingerprint density at radius 3 is 2.62 bits per heavy atom. The first-order valence-corrected chi connectivity index (χ1v) is 9.40. The Balaban J connectivity index is 0.00000338. The molecule has 1 atom stereocenters. The number of aromatic nitrogens is 2. The molecule has 0 aliphatic rings. The lowest BCUT2D eigenvalue weighted by Gasteiger charge is -2.25. The molecular formula is C18H30IN5OS. The number of aliphatic imine (C=N–C) groups is 1. The Morgan fingerprint density at radius 1 is 1.35 bits per heavy atom. The van der Waals surface area contributed by atoms with Gasteiger partial charge in [0, 0.05) is 35.6 Å². The second-order valence-electron chi connectivity index (χ2n) is 7.09. The predicted octanol–water partition coefficient (Wildman–Crippen LogP) is 2.84. The Labute approximate surface area is 177 Å². The van der Waals surface area contributed by atoms with Crippen LogP contribution < -0.4 is 10.6 Å². The molecule has 0 saturated carbocycles. The predicted molar refractivity (Wildman–Crippen MR) is 120 cm³/mol. The molecule has 0 fully saturated rings. The Kier molecular flexibility index (Phi) is 8.55. The van der Waals surface area contributed by atoms with E-state index in [0.717, 1.165) is 12.1 Å². The third-order valence-electron chi connectivity index (χ3n) is 4.09. The van der Waals surface area contributed by atoms with Crippen molar-refractivity contribution in [3.8, 4) is 0 Å². The van der Waals surface area contributed by atoms with Crippen molar-refractivity contribution >= 4 is 41.3 Å². The maximum Gasteiger partial charge on any atom is 0.191 e. The molecular weight excluding hydrogens is 461 g/mol. The van der Waals surface area contributed by atoms with E-state index >= 15 is 0 Å². The first-order chi connectivity index (χ1) is 11.7. The standard InChI is InChI=1S/C18H29N5OS.HI/c1-6-19-16(20-12-17(2,3)15-8-7-9-25-15)21-13-18(4,24)14-10-22-23(5)11-14;/h7-11,24H,6,12-13H2,1-5H3,(H2,19,20,21);1H. The first kappa shape index (κ1) is 22.9. The van der Waals surface area contributed by atoms with Crippen LogP contribution in [0.3, 0.4) is 0 Å². The monoisotopic (exact) mass is 491 g/mol. The number of rotatable bonds is 7. The van der Waals surface area contributed by atoms with Crippen LogP contribution in [0.15, 0.2) is 34.9 Å². The Hall–Kier alpha value is -1.13. The quantitative estimate of drug-likeness (QED) is 0.317. The molecule has 2 rings (SSSR count). The van der Waals surface area contributed by atoms with Crippen LogP contribution in [0, 0.1) is 0 Å². The molecule has 0 aromatic carbocycles. The van der Waals surface area contributed by atoms with E-state index in [1.807, 2.05) is 20.2 Å². The van der Waals surface area contributed by atoms with Gasteiger partial charge in [0.2, 0.25) is 0 Å². The summed E-state index contributed by atoms with van der Waals surface area (Å²) in [4.78, 5) is 6.03. The highest BCUT2D eigenvalue weighted by molar-refractivity contribution is 14.0. The van der Waals surface area contributed by atoms with Crippen molar-refractivity contribution < 1.29 is 5.11 Å². The Morgan fingerprint density at radius 2 is 2.08 bits per heavy atom. The number of nitrogens with zero attached hydrogens (tertiary/aromatic N) is 3. The van der Waals surface area contributed by atoms with Gasteiger partial charge in [-0.15, -0.1) is 35.3 Å². The van der Waals surface area contributed by atoms with Gasteiger partial charge >= 0.3 is 0 Å². The lowest BCUT2D eigenvalue weighted by atomic mass is 9.92. The number of aryl methyl sites for hydroxylation is 1. The molecule has 0 aliphatic heterocycles. The average molecular weight is 491 g/mol. The minimum absolute atomic E-state index is 0. The largest absolute Gasteiger partial charge is 0.383 e. The van der Waals surface area contributed by atoms with E-state index in [-0.39, 0.29) is 29.4 Å². The van der Waals surface area contributed by atoms with E-state index < -0.39 is 5.60 Å². The van der Waals surface area contributed by atoms with Gasteiger partial charge in [-0.25, -0.2) is 0 Å². The van der Waals surface area contributed by atoms with Gasteiger partial charge in [0.25, 0.3) is 0 Å². The topological polar surface area (TPSA) is 74.5 Å². The number of thiophene rings is 1. The average Bonchev–Trinajstić information content (AvgIpc) is 3.22. The highest BCUT2D eigenvalue weighted by Gasteiger charge is 2.25. The van der Waals surface area contributed by atoms with Crippen molar-refractivity contribution in [1.29, 1.82) is 0 Å². The second-order valence-corrected chi connectivity index (χ2v) is 8.03. The van der Waals surface area contributed by atoms with Crippen molar-refractivity contribution in [3.63, 3.8) is 0 Å². The molecule has 3 N–H and O–H groups in total. The van der Waals surface area contributed by atoms with E-state index in [1.54, 1.807) is 29.1 Å². The van der Waals surface area contributed by atoms with E-state index in [1.165, 1.54) is 4.88 Å². The van der Waals surface area contributed by atoms with Crippen LogP contribution in [0.5, 0.6) is 0 Å². The van der Waals surface area contributed by atoms with Crippen LogP contribution in [-0.4, -0.2) is 40.5 Å². The zero-order valence-electron chi connectivity index (χ0n) is 16.1. The minimum Gasteiger partial charge on any atom is -0.383 e. The summed E-state index contributed by atoms with van der Waals surface area (Å²) >= 11 is 1.75. The number of nitrogens with one attached hydrogen (secondary N) is 2. The first-order valence-electron chi connectivity index (χ1n) is 8.52. The molecule has 0 bridgehead atoms. The molecule has 0 spiro atoms. The van der Waals surface area contributed by atoms with Crippen LogP contribution in [-0.2, 0) is 18.1 Å². The maximum atomic E-state index is 10.7. The molecule has 2 aromatic heterocycles. The SMILES string of the molecule is CCNC(=NCC(C)(C)c1cccs1)NCC(C)(O)c1cnn(C)c1.I. The molecule has 146 valence electrons. The fourth-order valence-corrected chi connectivity index (χ4v) is 3.26. The lowest BCUT2D eigenvalue weighted by Crippen LogP contribution is -2.45. The maximum absolute atomic E-state index is 10.7. The summed E-state index contributed by atoms with van der Waals surface area (Å²) in [6, 6.07) is 4.22. The summed E-state index contributed by atoms with van der Waals surface area (Å²) in [5, 5.41) is 23.4. The van der Waals surface area contributed by atoms with Crippen molar-refractivity contribution in [2.45, 2.75) is 38.7 Å². The van der Waals surface area contributed by atoms with Crippen molar-refractivity contribution in [1.82, 2.24) is 20.4 Å². The molecule has 0 aliphatic carbocycles. The summed E-state index contributed by atoms with van der Waals surface area (Å²) in [5.74, 6) is 0.705. The normalized spacial score (nSPS) is 14.5. The number of aliphatic hydroxyl groups is 1. The van der Waals surface area contributed by atoms with Gasteiger partial charge in [-0.2, -0.15) is 5.10 Å². The molecule has 26 heavy (non-hydrogen) atoms. The summed E-state index contributed by atoms with van der Waals surface area (Å²) in [7, 11) is 1.84. The van der Waals surface area contributed by atoms with Crippen LogP contribution in [0.2, 0.25) is 0 Å². The van der Waals surface area contributed by atoms with Gasteiger partial charge in [0.1, 0.15) is 5.60 Å². The summed E-state index contributed by atoms with van der Waals surface area (Å²) in [6.45, 7) is 9.97. The van der Waals surface area contributed by atoms with Gasteiger partial charge < -0.3 is 15.7 Å². The van der Waals surface area contributed by atoms with Crippen molar-refractivity contribution in [2.75, 3.05) is 19.6 Å². The Bertz CT molecular complexity index is 694.